The zero-order chi connectivity index (χ0) is 11.7. The molecular formula is C11H12FN3S. The molecule has 1 N–H and O–H groups in total. The van der Waals surface area contributed by atoms with Crippen molar-refractivity contribution in [3.8, 4) is 5.69 Å². The van der Waals surface area contributed by atoms with Gasteiger partial charge in [-0.15, -0.1) is 0 Å². The van der Waals surface area contributed by atoms with E-state index in [-0.39, 0.29) is 11.7 Å². The van der Waals surface area contributed by atoms with E-state index in [1.54, 1.807) is 22.8 Å². The maximum Gasteiger partial charge on any atom is 0.199 e. The number of hydrogen-bond donors (Lipinski definition) is 1. The van der Waals surface area contributed by atoms with Crippen molar-refractivity contribution in [3.05, 3.63) is 40.7 Å². The molecule has 2 aromatic rings. The molecule has 0 unspecified atom stereocenters. The molecule has 0 radical (unpaired) electrons. The molecule has 16 heavy (non-hydrogen) atoms. The average molecular weight is 237 g/mol. The number of para-hydroxylation sites is 1. The second kappa shape index (κ2) is 4.17. The Morgan fingerprint density at radius 2 is 2.06 bits per heavy atom. The second-order valence-corrected chi connectivity index (χ2v) is 4.22. The van der Waals surface area contributed by atoms with Crippen LogP contribution in [0.15, 0.2) is 24.3 Å². The summed E-state index contributed by atoms with van der Waals surface area (Å²) in [6, 6.07) is 6.52. The summed E-state index contributed by atoms with van der Waals surface area (Å²) >= 11 is 5.11. The molecule has 0 saturated carbocycles. The van der Waals surface area contributed by atoms with Crippen molar-refractivity contribution in [1.82, 2.24) is 14.8 Å². The first kappa shape index (κ1) is 11.0. The number of hydrogen-bond acceptors (Lipinski definition) is 2. The molecule has 0 atom stereocenters. The van der Waals surface area contributed by atoms with Gasteiger partial charge in [0.15, 0.2) is 4.77 Å². The fourth-order valence-electron chi connectivity index (χ4n) is 1.56. The standard InChI is InChI=1S/C11H12FN3S/c1-7(2)10-13-14-11(16)15(10)9-6-4-3-5-8(9)12/h3-7H,1-2H3,(H,14,16). The van der Waals surface area contributed by atoms with Gasteiger partial charge < -0.3 is 0 Å². The summed E-state index contributed by atoms with van der Waals surface area (Å²) in [6.07, 6.45) is 0. The third-order valence-corrected chi connectivity index (χ3v) is 2.58. The predicted octanol–water partition coefficient (Wildman–Crippen LogP) is 3.19. The molecule has 0 amide bonds. The van der Waals surface area contributed by atoms with Gasteiger partial charge in [-0.1, -0.05) is 26.0 Å². The first-order chi connectivity index (χ1) is 7.61. The largest absolute Gasteiger partial charge is 0.269 e. The lowest BCUT2D eigenvalue weighted by atomic mass is 10.2. The van der Waals surface area contributed by atoms with Gasteiger partial charge >= 0.3 is 0 Å². The first-order valence-electron chi connectivity index (χ1n) is 5.03. The highest BCUT2D eigenvalue weighted by Crippen LogP contribution is 2.19. The summed E-state index contributed by atoms with van der Waals surface area (Å²) in [4.78, 5) is 0. The number of H-pyrrole nitrogens is 1. The summed E-state index contributed by atoms with van der Waals surface area (Å²) in [5.74, 6) is 0.601. The highest BCUT2D eigenvalue weighted by atomic mass is 32.1. The Balaban J connectivity index is 2.69. The number of nitrogens with one attached hydrogen (secondary N) is 1. The Morgan fingerprint density at radius 1 is 1.38 bits per heavy atom. The molecule has 5 heteroatoms. The zero-order valence-electron chi connectivity index (χ0n) is 9.07. The highest BCUT2D eigenvalue weighted by Gasteiger charge is 2.13. The van der Waals surface area contributed by atoms with Crippen LogP contribution in [0.2, 0.25) is 0 Å². The third-order valence-electron chi connectivity index (χ3n) is 2.31. The van der Waals surface area contributed by atoms with Crippen LogP contribution in [0, 0.1) is 10.6 Å². The van der Waals surface area contributed by atoms with Crippen LogP contribution in [0.4, 0.5) is 4.39 Å². The minimum absolute atomic E-state index is 0.174. The molecular weight excluding hydrogens is 225 g/mol. The van der Waals surface area contributed by atoms with Crippen molar-refractivity contribution in [2.24, 2.45) is 0 Å². The van der Waals surface area contributed by atoms with Gasteiger partial charge in [0, 0.05) is 5.92 Å². The summed E-state index contributed by atoms with van der Waals surface area (Å²) in [7, 11) is 0. The second-order valence-electron chi connectivity index (χ2n) is 3.83. The minimum Gasteiger partial charge on any atom is -0.269 e. The number of benzene rings is 1. The van der Waals surface area contributed by atoms with E-state index in [1.807, 2.05) is 13.8 Å². The summed E-state index contributed by atoms with van der Waals surface area (Å²) in [6.45, 7) is 3.98. The van der Waals surface area contributed by atoms with Gasteiger partial charge in [-0.25, -0.2) is 4.39 Å². The van der Waals surface area contributed by atoms with Crippen LogP contribution in [-0.2, 0) is 0 Å². The Bertz CT molecular complexity index is 556. The van der Waals surface area contributed by atoms with Crippen LogP contribution in [0.3, 0.4) is 0 Å². The molecule has 0 saturated heterocycles. The maximum atomic E-state index is 13.7. The van der Waals surface area contributed by atoms with Gasteiger partial charge in [0.25, 0.3) is 0 Å². The third kappa shape index (κ3) is 1.78. The molecule has 1 aromatic heterocycles. The number of aromatic nitrogens is 3. The van der Waals surface area contributed by atoms with E-state index < -0.39 is 0 Å². The van der Waals surface area contributed by atoms with Gasteiger partial charge in [-0.3, -0.25) is 9.67 Å². The number of halogens is 1. The van der Waals surface area contributed by atoms with Gasteiger partial charge in [0.2, 0.25) is 0 Å². The van der Waals surface area contributed by atoms with Gasteiger partial charge in [0.1, 0.15) is 11.6 Å². The monoisotopic (exact) mass is 237 g/mol. The number of nitrogens with zero attached hydrogens (tertiary/aromatic N) is 2. The molecule has 2 rings (SSSR count). The van der Waals surface area contributed by atoms with E-state index in [1.165, 1.54) is 6.07 Å². The number of aromatic amines is 1. The Kier molecular flexibility index (Phi) is 2.87. The van der Waals surface area contributed by atoms with Crippen molar-refractivity contribution >= 4 is 12.2 Å². The molecule has 0 bridgehead atoms. The summed E-state index contributed by atoms with van der Waals surface area (Å²) in [5, 5.41) is 6.81. The molecule has 84 valence electrons. The highest BCUT2D eigenvalue weighted by molar-refractivity contribution is 7.71. The molecule has 0 fully saturated rings. The van der Waals surface area contributed by atoms with E-state index in [2.05, 4.69) is 10.2 Å². The normalized spacial score (nSPS) is 11.0. The van der Waals surface area contributed by atoms with Crippen molar-refractivity contribution < 1.29 is 4.39 Å². The van der Waals surface area contributed by atoms with Crippen LogP contribution in [0.1, 0.15) is 25.6 Å². The van der Waals surface area contributed by atoms with E-state index in [0.29, 0.717) is 10.5 Å². The topological polar surface area (TPSA) is 33.6 Å². The average Bonchev–Trinajstić information content (AvgIpc) is 2.61. The molecule has 0 aliphatic rings. The minimum atomic E-state index is -0.304. The van der Waals surface area contributed by atoms with Crippen LogP contribution in [0.5, 0.6) is 0 Å². The van der Waals surface area contributed by atoms with Gasteiger partial charge in [0.05, 0.1) is 5.69 Å². The smallest absolute Gasteiger partial charge is 0.199 e. The van der Waals surface area contributed by atoms with E-state index in [0.717, 1.165) is 5.82 Å². The van der Waals surface area contributed by atoms with Crippen molar-refractivity contribution in [3.63, 3.8) is 0 Å². The lowest BCUT2D eigenvalue weighted by Crippen LogP contribution is -2.05. The Labute approximate surface area is 97.9 Å². The lowest BCUT2D eigenvalue weighted by molar-refractivity contribution is 0.611. The van der Waals surface area contributed by atoms with Gasteiger partial charge in [-0.2, -0.15) is 5.10 Å². The molecule has 1 aromatic carbocycles. The first-order valence-corrected chi connectivity index (χ1v) is 5.44. The van der Waals surface area contributed by atoms with E-state index >= 15 is 0 Å². The molecule has 0 aliphatic heterocycles. The van der Waals surface area contributed by atoms with Crippen LogP contribution in [-0.4, -0.2) is 14.8 Å². The fourth-order valence-corrected chi connectivity index (χ4v) is 1.80. The molecule has 1 heterocycles. The predicted molar refractivity (Wildman–Crippen MR) is 62.8 cm³/mol. The van der Waals surface area contributed by atoms with Gasteiger partial charge in [-0.05, 0) is 24.4 Å². The molecule has 3 nitrogen and oxygen atoms in total. The summed E-state index contributed by atoms with van der Waals surface area (Å²) in [5.41, 5.74) is 0.435. The quantitative estimate of drug-likeness (QED) is 0.814. The maximum absolute atomic E-state index is 13.7. The van der Waals surface area contributed by atoms with Crippen molar-refractivity contribution in [2.75, 3.05) is 0 Å². The van der Waals surface area contributed by atoms with E-state index in [4.69, 9.17) is 12.2 Å². The van der Waals surface area contributed by atoms with Crippen LogP contribution < -0.4 is 0 Å². The van der Waals surface area contributed by atoms with E-state index in [9.17, 15) is 4.39 Å². The van der Waals surface area contributed by atoms with Crippen molar-refractivity contribution in [2.45, 2.75) is 19.8 Å². The summed E-state index contributed by atoms with van der Waals surface area (Å²) < 4.78 is 15.7. The Hall–Kier alpha value is -1.49. The molecule has 0 aliphatic carbocycles. The lowest BCUT2D eigenvalue weighted by Gasteiger charge is -2.09. The SMILES string of the molecule is CC(C)c1n[nH]c(=S)n1-c1ccccc1F. The number of rotatable bonds is 2. The van der Waals surface area contributed by atoms with Crippen molar-refractivity contribution in [1.29, 1.82) is 0 Å². The zero-order valence-corrected chi connectivity index (χ0v) is 9.88. The fraction of sp³-hybridized carbons (Fsp3) is 0.273. The van der Waals surface area contributed by atoms with Crippen LogP contribution >= 0.6 is 12.2 Å². The Morgan fingerprint density at radius 3 is 2.69 bits per heavy atom. The van der Waals surface area contributed by atoms with Crippen LogP contribution in [0.25, 0.3) is 5.69 Å². The molecule has 0 spiro atoms.